The molecule has 0 radical (unpaired) electrons. The Balaban J connectivity index is 2.14. The number of nitro benzene ring substituents is 1. The second kappa shape index (κ2) is 6.76. The first-order valence-corrected chi connectivity index (χ1v) is 7.37. The van der Waals surface area contributed by atoms with Crippen LogP contribution in [0.5, 0.6) is 5.75 Å². The van der Waals surface area contributed by atoms with Crippen LogP contribution < -0.4 is 9.64 Å². The molecule has 116 valence electrons. The Morgan fingerprint density at radius 1 is 1.48 bits per heavy atom. The Morgan fingerprint density at radius 2 is 2.14 bits per heavy atom. The van der Waals surface area contributed by atoms with E-state index in [1.165, 1.54) is 6.07 Å². The highest BCUT2D eigenvalue weighted by molar-refractivity contribution is 5.59. The van der Waals surface area contributed by atoms with E-state index < -0.39 is 4.92 Å². The first-order chi connectivity index (χ1) is 10.0. The fraction of sp³-hybridized carbons (Fsp3) is 0.600. The molecule has 0 saturated carbocycles. The lowest BCUT2D eigenvalue weighted by molar-refractivity contribution is -0.385. The van der Waals surface area contributed by atoms with Crippen LogP contribution in [-0.4, -0.2) is 35.8 Å². The number of rotatable bonds is 5. The van der Waals surface area contributed by atoms with E-state index in [9.17, 15) is 15.2 Å². The molecular weight excluding hydrogens is 272 g/mol. The van der Waals surface area contributed by atoms with E-state index in [4.69, 9.17) is 4.74 Å². The number of hydrogen-bond donors (Lipinski definition) is 1. The van der Waals surface area contributed by atoms with Gasteiger partial charge in [0.25, 0.3) is 0 Å². The van der Waals surface area contributed by atoms with Crippen molar-refractivity contribution in [3.05, 3.63) is 28.3 Å². The number of benzene rings is 1. The monoisotopic (exact) mass is 294 g/mol. The third-order valence-electron chi connectivity index (χ3n) is 4.03. The molecule has 1 fully saturated rings. The highest BCUT2D eigenvalue weighted by Gasteiger charge is 2.24. The zero-order chi connectivity index (χ0) is 15.4. The zero-order valence-electron chi connectivity index (χ0n) is 12.5. The second-order valence-corrected chi connectivity index (χ2v) is 5.41. The van der Waals surface area contributed by atoms with Crippen LogP contribution in [-0.2, 0) is 0 Å². The first-order valence-electron chi connectivity index (χ1n) is 7.37. The number of nitro groups is 1. The molecule has 6 nitrogen and oxygen atoms in total. The molecule has 0 spiro atoms. The average Bonchev–Trinajstić information content (AvgIpc) is 2.47. The Bertz CT molecular complexity index is 496. The Morgan fingerprint density at radius 3 is 2.67 bits per heavy atom. The van der Waals surface area contributed by atoms with Crippen molar-refractivity contribution in [1.29, 1.82) is 0 Å². The second-order valence-electron chi connectivity index (χ2n) is 5.41. The number of hydrogen-bond acceptors (Lipinski definition) is 5. The summed E-state index contributed by atoms with van der Waals surface area (Å²) in [5.41, 5.74) is 0.938. The lowest BCUT2D eigenvalue weighted by Crippen LogP contribution is -2.37. The van der Waals surface area contributed by atoms with Crippen LogP contribution in [0, 0.1) is 16.0 Å². The van der Waals surface area contributed by atoms with Gasteiger partial charge in [-0.3, -0.25) is 10.1 Å². The molecular formula is C15H22N2O4. The maximum absolute atomic E-state index is 11.0. The highest BCUT2D eigenvalue weighted by atomic mass is 16.6. The zero-order valence-corrected chi connectivity index (χ0v) is 12.5. The van der Waals surface area contributed by atoms with Crippen molar-refractivity contribution < 1.29 is 14.8 Å². The van der Waals surface area contributed by atoms with Crippen LogP contribution >= 0.6 is 0 Å². The molecule has 2 rings (SSSR count). The van der Waals surface area contributed by atoms with Crippen molar-refractivity contribution in [3.8, 4) is 5.75 Å². The summed E-state index contributed by atoms with van der Waals surface area (Å²) >= 11 is 0. The van der Waals surface area contributed by atoms with Crippen molar-refractivity contribution in [1.82, 2.24) is 0 Å². The van der Waals surface area contributed by atoms with E-state index in [2.05, 4.69) is 4.90 Å². The molecule has 1 unspecified atom stereocenters. The van der Waals surface area contributed by atoms with Gasteiger partial charge in [0.15, 0.2) is 5.75 Å². The van der Waals surface area contributed by atoms with E-state index in [1.807, 2.05) is 13.8 Å². The van der Waals surface area contributed by atoms with Gasteiger partial charge < -0.3 is 14.7 Å². The number of aliphatic hydroxyl groups excluding tert-OH is 1. The summed E-state index contributed by atoms with van der Waals surface area (Å²) < 4.78 is 5.38. The minimum absolute atomic E-state index is 0.000494. The molecule has 0 aromatic heterocycles. The SMILES string of the molecule is CCOc1cc(N2CCC(C(C)O)CC2)ccc1[N+](=O)[O-]. The van der Waals surface area contributed by atoms with Gasteiger partial charge in [-0.2, -0.15) is 0 Å². The third-order valence-corrected chi connectivity index (χ3v) is 4.03. The fourth-order valence-electron chi connectivity index (χ4n) is 2.76. The van der Waals surface area contributed by atoms with Crippen LogP contribution in [0.4, 0.5) is 11.4 Å². The maximum Gasteiger partial charge on any atom is 0.311 e. The van der Waals surface area contributed by atoms with Crippen LogP contribution in [0.3, 0.4) is 0 Å². The Hall–Kier alpha value is -1.82. The van der Waals surface area contributed by atoms with E-state index in [0.717, 1.165) is 31.6 Å². The number of anilines is 1. The normalized spacial score (nSPS) is 17.6. The summed E-state index contributed by atoms with van der Waals surface area (Å²) in [6, 6.07) is 5.01. The van der Waals surface area contributed by atoms with Crippen molar-refractivity contribution in [2.45, 2.75) is 32.8 Å². The predicted octanol–water partition coefficient (Wildman–Crippen LogP) is 2.59. The summed E-state index contributed by atoms with van der Waals surface area (Å²) in [5.74, 6) is 0.656. The minimum atomic E-state index is -0.422. The fourth-order valence-corrected chi connectivity index (χ4v) is 2.76. The summed E-state index contributed by atoms with van der Waals surface area (Å²) in [4.78, 5) is 12.7. The largest absolute Gasteiger partial charge is 0.487 e. The van der Waals surface area contributed by atoms with Gasteiger partial charge in [0.2, 0.25) is 0 Å². The van der Waals surface area contributed by atoms with Crippen molar-refractivity contribution in [2.24, 2.45) is 5.92 Å². The lowest BCUT2D eigenvalue weighted by Gasteiger charge is -2.34. The number of aliphatic hydroxyl groups is 1. The van der Waals surface area contributed by atoms with Gasteiger partial charge in [-0.1, -0.05) is 0 Å². The van der Waals surface area contributed by atoms with Gasteiger partial charge in [0, 0.05) is 30.9 Å². The molecule has 1 N–H and O–H groups in total. The molecule has 1 heterocycles. The van der Waals surface area contributed by atoms with E-state index >= 15 is 0 Å². The van der Waals surface area contributed by atoms with Crippen molar-refractivity contribution >= 4 is 11.4 Å². The topological polar surface area (TPSA) is 75.8 Å². The van der Waals surface area contributed by atoms with Crippen LogP contribution in [0.15, 0.2) is 18.2 Å². The summed E-state index contributed by atoms with van der Waals surface area (Å²) in [5, 5.41) is 20.6. The lowest BCUT2D eigenvalue weighted by atomic mass is 9.92. The Kier molecular flexibility index (Phi) is 5.01. The molecule has 1 saturated heterocycles. The van der Waals surface area contributed by atoms with Gasteiger partial charge in [-0.05, 0) is 38.7 Å². The molecule has 1 atom stereocenters. The van der Waals surface area contributed by atoms with Gasteiger partial charge in [-0.15, -0.1) is 0 Å². The van der Waals surface area contributed by atoms with Crippen LogP contribution in [0.25, 0.3) is 0 Å². The highest BCUT2D eigenvalue weighted by Crippen LogP contribution is 2.33. The minimum Gasteiger partial charge on any atom is -0.487 e. The van der Waals surface area contributed by atoms with E-state index in [1.54, 1.807) is 12.1 Å². The summed E-state index contributed by atoms with van der Waals surface area (Å²) in [6.45, 7) is 5.73. The van der Waals surface area contributed by atoms with Gasteiger partial charge in [0.1, 0.15) is 0 Å². The Labute approximate surface area is 124 Å². The van der Waals surface area contributed by atoms with Gasteiger partial charge >= 0.3 is 5.69 Å². The molecule has 1 aromatic rings. The predicted molar refractivity (Wildman–Crippen MR) is 80.9 cm³/mol. The van der Waals surface area contributed by atoms with E-state index in [-0.39, 0.29) is 11.8 Å². The maximum atomic E-state index is 11.0. The summed E-state index contributed by atoms with van der Waals surface area (Å²) in [7, 11) is 0. The number of nitrogens with zero attached hydrogens (tertiary/aromatic N) is 2. The van der Waals surface area contributed by atoms with Crippen LogP contribution in [0.2, 0.25) is 0 Å². The smallest absolute Gasteiger partial charge is 0.311 e. The summed E-state index contributed by atoms with van der Waals surface area (Å²) in [6.07, 6.45) is 1.58. The molecule has 0 bridgehead atoms. The number of ether oxygens (including phenoxy) is 1. The molecule has 1 aliphatic rings. The van der Waals surface area contributed by atoms with Gasteiger partial charge in [-0.25, -0.2) is 0 Å². The quantitative estimate of drug-likeness (QED) is 0.667. The molecule has 6 heteroatoms. The van der Waals surface area contributed by atoms with Gasteiger partial charge in [0.05, 0.1) is 17.6 Å². The van der Waals surface area contributed by atoms with Crippen molar-refractivity contribution in [3.63, 3.8) is 0 Å². The molecule has 1 aromatic carbocycles. The number of piperidine rings is 1. The molecule has 0 amide bonds. The third kappa shape index (κ3) is 3.64. The molecule has 1 aliphatic heterocycles. The molecule has 0 aliphatic carbocycles. The van der Waals surface area contributed by atoms with Crippen LogP contribution in [0.1, 0.15) is 26.7 Å². The van der Waals surface area contributed by atoms with E-state index in [0.29, 0.717) is 18.3 Å². The standard InChI is InChI=1S/C15H22N2O4/c1-3-21-15-10-13(4-5-14(15)17(19)20)16-8-6-12(7-9-16)11(2)18/h4-5,10-12,18H,3,6-9H2,1-2H3. The first kappa shape index (κ1) is 15.6. The van der Waals surface area contributed by atoms with Crippen molar-refractivity contribution in [2.75, 3.05) is 24.6 Å². The average molecular weight is 294 g/mol. The molecule has 21 heavy (non-hydrogen) atoms.